The summed E-state index contributed by atoms with van der Waals surface area (Å²) in [6.45, 7) is 2.66. The average molecular weight is 341 g/mol. The standard InChI is InChI=1S/C16H27N3O5/c1-3-19(9-14(20)21)13-7-12(8-13)18-16(23)17-11-5-4-10(6-11)15(22)24-2/h10-13H,3-9H2,1-2H3,(H,20,21)(H2,17,18,23)/t10-,11+,12?,13?/m0/s1. The average Bonchev–Trinajstić information content (AvgIpc) is 2.95. The topological polar surface area (TPSA) is 108 Å². The lowest BCUT2D eigenvalue weighted by molar-refractivity contribution is -0.145. The van der Waals surface area contributed by atoms with Gasteiger partial charge in [-0.1, -0.05) is 6.92 Å². The third-order valence-electron chi connectivity index (χ3n) is 5.01. The molecule has 2 atom stereocenters. The van der Waals surface area contributed by atoms with E-state index in [0.717, 1.165) is 25.7 Å². The van der Waals surface area contributed by atoms with Crippen LogP contribution in [0.4, 0.5) is 4.79 Å². The first-order valence-corrected chi connectivity index (χ1v) is 8.53. The van der Waals surface area contributed by atoms with E-state index in [1.165, 1.54) is 7.11 Å². The minimum absolute atomic E-state index is 0.00382. The lowest BCUT2D eigenvalue weighted by Crippen LogP contribution is -2.57. The summed E-state index contributed by atoms with van der Waals surface area (Å²) in [5.41, 5.74) is 0. The molecule has 8 heteroatoms. The van der Waals surface area contributed by atoms with E-state index >= 15 is 0 Å². The Labute approximate surface area is 141 Å². The first kappa shape index (κ1) is 18.5. The highest BCUT2D eigenvalue weighted by molar-refractivity contribution is 5.76. The highest BCUT2D eigenvalue weighted by atomic mass is 16.5. The number of nitrogens with zero attached hydrogens (tertiary/aromatic N) is 1. The van der Waals surface area contributed by atoms with Gasteiger partial charge in [-0.25, -0.2) is 4.79 Å². The fourth-order valence-corrected chi connectivity index (χ4v) is 3.58. The maximum absolute atomic E-state index is 12.0. The zero-order valence-corrected chi connectivity index (χ0v) is 14.3. The summed E-state index contributed by atoms with van der Waals surface area (Å²) < 4.78 is 4.74. The highest BCUT2D eigenvalue weighted by Gasteiger charge is 2.36. The van der Waals surface area contributed by atoms with Crippen molar-refractivity contribution in [3.8, 4) is 0 Å². The second-order valence-electron chi connectivity index (χ2n) is 6.63. The predicted molar refractivity (Wildman–Crippen MR) is 86.5 cm³/mol. The molecule has 0 bridgehead atoms. The summed E-state index contributed by atoms with van der Waals surface area (Å²) in [4.78, 5) is 36.2. The molecule has 0 aromatic carbocycles. The van der Waals surface area contributed by atoms with Crippen LogP contribution >= 0.6 is 0 Å². The minimum Gasteiger partial charge on any atom is -0.480 e. The summed E-state index contributed by atoms with van der Waals surface area (Å²) in [7, 11) is 1.38. The number of ether oxygens (including phenoxy) is 1. The Bertz CT molecular complexity index is 478. The molecule has 8 nitrogen and oxygen atoms in total. The number of aliphatic carboxylic acids is 1. The number of methoxy groups -OCH3 is 1. The number of hydrogen-bond acceptors (Lipinski definition) is 5. The van der Waals surface area contributed by atoms with Crippen molar-refractivity contribution >= 4 is 18.0 Å². The van der Waals surface area contributed by atoms with Crippen molar-refractivity contribution < 1.29 is 24.2 Å². The number of esters is 1. The van der Waals surface area contributed by atoms with E-state index in [4.69, 9.17) is 9.84 Å². The van der Waals surface area contributed by atoms with Gasteiger partial charge in [0, 0.05) is 18.1 Å². The van der Waals surface area contributed by atoms with Gasteiger partial charge in [0.05, 0.1) is 19.6 Å². The van der Waals surface area contributed by atoms with Gasteiger partial charge in [0.2, 0.25) is 0 Å². The molecule has 0 aliphatic heterocycles. The predicted octanol–water partition coefficient (Wildman–Crippen LogP) is 0.565. The number of likely N-dealkylation sites (N-methyl/N-ethyl adjacent to an activating group) is 1. The molecule has 0 aromatic rings. The van der Waals surface area contributed by atoms with Crippen LogP contribution in [0, 0.1) is 5.92 Å². The molecule has 0 spiro atoms. The van der Waals surface area contributed by atoms with Crippen molar-refractivity contribution in [2.24, 2.45) is 5.92 Å². The molecule has 2 saturated carbocycles. The van der Waals surface area contributed by atoms with Crippen molar-refractivity contribution in [1.29, 1.82) is 0 Å². The number of carboxylic acid groups (broad SMARTS) is 1. The van der Waals surface area contributed by atoms with Gasteiger partial charge in [-0.2, -0.15) is 0 Å². The van der Waals surface area contributed by atoms with E-state index in [9.17, 15) is 14.4 Å². The summed E-state index contributed by atoms with van der Waals surface area (Å²) in [5, 5.41) is 14.7. The molecule has 2 amide bonds. The van der Waals surface area contributed by atoms with Crippen molar-refractivity contribution in [1.82, 2.24) is 15.5 Å². The van der Waals surface area contributed by atoms with Gasteiger partial charge in [0.25, 0.3) is 0 Å². The van der Waals surface area contributed by atoms with Crippen molar-refractivity contribution in [3.63, 3.8) is 0 Å². The molecule has 2 aliphatic carbocycles. The number of carbonyl (C=O) groups is 3. The van der Waals surface area contributed by atoms with Crippen LogP contribution in [-0.4, -0.2) is 66.3 Å². The Morgan fingerprint density at radius 1 is 1.12 bits per heavy atom. The third kappa shape index (κ3) is 4.83. The van der Waals surface area contributed by atoms with E-state index < -0.39 is 5.97 Å². The number of carbonyl (C=O) groups excluding carboxylic acids is 2. The quantitative estimate of drug-likeness (QED) is 0.584. The van der Waals surface area contributed by atoms with Gasteiger partial charge in [-0.05, 0) is 38.6 Å². The Kier molecular flexibility index (Phi) is 6.42. The molecule has 2 fully saturated rings. The van der Waals surface area contributed by atoms with Gasteiger partial charge in [-0.3, -0.25) is 14.5 Å². The second kappa shape index (κ2) is 8.32. The van der Waals surface area contributed by atoms with Crippen molar-refractivity contribution in [3.05, 3.63) is 0 Å². The Morgan fingerprint density at radius 2 is 1.79 bits per heavy atom. The normalized spacial score (nSPS) is 29.0. The first-order chi connectivity index (χ1) is 11.4. The maximum Gasteiger partial charge on any atom is 0.317 e. The number of carboxylic acids is 1. The summed E-state index contributed by atoms with van der Waals surface area (Å²) in [6.07, 6.45) is 3.68. The summed E-state index contributed by atoms with van der Waals surface area (Å²) in [5.74, 6) is -1.16. The molecule has 24 heavy (non-hydrogen) atoms. The lowest BCUT2D eigenvalue weighted by Gasteiger charge is -2.42. The molecule has 0 radical (unpaired) electrons. The van der Waals surface area contributed by atoms with Gasteiger partial charge in [0.15, 0.2) is 0 Å². The van der Waals surface area contributed by atoms with Gasteiger partial charge in [0.1, 0.15) is 0 Å². The fraction of sp³-hybridized carbons (Fsp3) is 0.812. The molecule has 2 aliphatic rings. The lowest BCUT2D eigenvalue weighted by atomic mass is 9.85. The van der Waals surface area contributed by atoms with Crippen LogP contribution in [-0.2, 0) is 14.3 Å². The van der Waals surface area contributed by atoms with Crippen LogP contribution in [0.25, 0.3) is 0 Å². The Morgan fingerprint density at radius 3 is 2.38 bits per heavy atom. The second-order valence-corrected chi connectivity index (χ2v) is 6.63. The van der Waals surface area contributed by atoms with Crippen molar-refractivity contribution in [2.45, 2.75) is 57.2 Å². The van der Waals surface area contributed by atoms with Gasteiger partial charge >= 0.3 is 18.0 Å². The van der Waals surface area contributed by atoms with Gasteiger partial charge in [-0.15, -0.1) is 0 Å². The molecular weight excluding hydrogens is 314 g/mol. The number of urea groups is 1. The molecule has 0 heterocycles. The van der Waals surface area contributed by atoms with E-state index in [1.807, 2.05) is 11.8 Å². The third-order valence-corrected chi connectivity index (χ3v) is 5.01. The molecule has 2 rings (SSSR count). The van der Waals surface area contributed by atoms with Crippen LogP contribution < -0.4 is 10.6 Å². The molecule has 136 valence electrons. The molecular formula is C16H27N3O5. The number of nitrogens with one attached hydrogen (secondary N) is 2. The Hall–Kier alpha value is -1.83. The van der Waals surface area contributed by atoms with E-state index in [-0.39, 0.29) is 42.6 Å². The first-order valence-electron chi connectivity index (χ1n) is 8.53. The molecule has 0 unspecified atom stereocenters. The van der Waals surface area contributed by atoms with Crippen molar-refractivity contribution in [2.75, 3.05) is 20.2 Å². The van der Waals surface area contributed by atoms with Crippen LogP contribution in [0.5, 0.6) is 0 Å². The number of amides is 2. The van der Waals surface area contributed by atoms with Crippen LogP contribution in [0.3, 0.4) is 0 Å². The SMILES string of the molecule is CCN(CC(=O)O)C1CC(NC(=O)N[C@@H]2CC[C@H](C(=O)OC)C2)C1. The zero-order chi connectivity index (χ0) is 17.7. The highest BCUT2D eigenvalue weighted by Crippen LogP contribution is 2.27. The molecule has 0 saturated heterocycles. The largest absolute Gasteiger partial charge is 0.480 e. The zero-order valence-electron chi connectivity index (χ0n) is 14.3. The number of hydrogen-bond donors (Lipinski definition) is 3. The summed E-state index contributed by atoms with van der Waals surface area (Å²) in [6, 6.07) is 0.0848. The van der Waals surface area contributed by atoms with E-state index in [1.54, 1.807) is 0 Å². The Balaban J connectivity index is 1.66. The van der Waals surface area contributed by atoms with Crippen LogP contribution in [0.1, 0.15) is 39.0 Å². The molecule has 3 N–H and O–H groups in total. The van der Waals surface area contributed by atoms with Crippen LogP contribution in [0.15, 0.2) is 0 Å². The minimum atomic E-state index is -0.826. The number of rotatable bonds is 7. The fourth-order valence-electron chi connectivity index (χ4n) is 3.58. The van der Waals surface area contributed by atoms with E-state index in [0.29, 0.717) is 13.0 Å². The van der Waals surface area contributed by atoms with Crippen LogP contribution in [0.2, 0.25) is 0 Å². The monoisotopic (exact) mass is 341 g/mol. The maximum atomic E-state index is 12.0. The summed E-state index contributed by atoms with van der Waals surface area (Å²) >= 11 is 0. The van der Waals surface area contributed by atoms with Gasteiger partial charge < -0.3 is 20.5 Å². The molecule has 0 aromatic heterocycles. The van der Waals surface area contributed by atoms with E-state index in [2.05, 4.69) is 10.6 Å². The smallest absolute Gasteiger partial charge is 0.317 e.